The monoisotopic (exact) mass is 234 g/mol. The van der Waals surface area contributed by atoms with Crippen molar-refractivity contribution in [2.24, 2.45) is 0 Å². The molecule has 17 heavy (non-hydrogen) atoms. The number of aromatic nitrogens is 3. The van der Waals surface area contributed by atoms with Crippen LogP contribution in [0, 0.1) is 0 Å². The quantitative estimate of drug-likeness (QED) is 0.804. The number of carboxylic acid groups (broad SMARTS) is 1. The second-order valence-electron chi connectivity index (χ2n) is 3.22. The predicted octanol–water partition coefficient (Wildman–Crippen LogP) is 0.556. The minimum atomic E-state index is -1.18. The first-order chi connectivity index (χ1) is 8.11. The number of anilines is 1. The Labute approximate surface area is 96.5 Å². The van der Waals surface area contributed by atoms with Gasteiger partial charge in [-0.25, -0.2) is 9.48 Å². The van der Waals surface area contributed by atoms with Gasteiger partial charge in [0.25, 0.3) is 0 Å². The van der Waals surface area contributed by atoms with E-state index in [9.17, 15) is 4.79 Å². The lowest BCUT2D eigenvalue weighted by atomic mass is 10.4. The fourth-order valence-electron chi connectivity index (χ4n) is 1.32. The molecule has 0 fully saturated rings. The van der Waals surface area contributed by atoms with E-state index >= 15 is 0 Å². The molecule has 0 bridgehead atoms. The standard InChI is InChI=1S/C10H10N4O3/c1-17-8-4-2-3-7(12-8)14-5-6(11)9(13-14)10(15)16/h2-5H,11H2,1H3,(H,15,16). The average molecular weight is 234 g/mol. The first-order valence-corrected chi connectivity index (χ1v) is 4.71. The van der Waals surface area contributed by atoms with Crippen molar-refractivity contribution in [2.75, 3.05) is 12.8 Å². The molecule has 0 aliphatic heterocycles. The highest BCUT2D eigenvalue weighted by Crippen LogP contribution is 2.15. The van der Waals surface area contributed by atoms with Crippen LogP contribution in [-0.4, -0.2) is 33.0 Å². The molecule has 0 spiro atoms. The predicted molar refractivity (Wildman–Crippen MR) is 59.3 cm³/mol. The molecule has 0 saturated heterocycles. The molecule has 0 atom stereocenters. The minimum Gasteiger partial charge on any atom is -0.481 e. The molecular weight excluding hydrogens is 224 g/mol. The Balaban J connectivity index is 2.46. The summed E-state index contributed by atoms with van der Waals surface area (Å²) in [7, 11) is 1.49. The highest BCUT2D eigenvalue weighted by Gasteiger charge is 2.14. The van der Waals surface area contributed by atoms with Gasteiger partial charge in [0, 0.05) is 6.07 Å². The van der Waals surface area contributed by atoms with E-state index in [1.807, 2.05) is 0 Å². The third-order valence-electron chi connectivity index (χ3n) is 2.10. The van der Waals surface area contributed by atoms with Gasteiger partial charge in [-0.3, -0.25) is 0 Å². The lowest BCUT2D eigenvalue weighted by Gasteiger charge is -2.02. The van der Waals surface area contributed by atoms with Crippen LogP contribution in [0.1, 0.15) is 10.5 Å². The average Bonchev–Trinajstić information content (AvgIpc) is 2.71. The molecule has 0 unspecified atom stereocenters. The van der Waals surface area contributed by atoms with Crippen LogP contribution in [0.5, 0.6) is 5.88 Å². The molecule has 2 aromatic heterocycles. The van der Waals surface area contributed by atoms with Gasteiger partial charge < -0.3 is 15.6 Å². The smallest absolute Gasteiger partial charge is 0.358 e. The number of rotatable bonds is 3. The zero-order valence-corrected chi connectivity index (χ0v) is 8.99. The van der Waals surface area contributed by atoms with Crippen molar-refractivity contribution >= 4 is 11.7 Å². The van der Waals surface area contributed by atoms with Gasteiger partial charge in [0.05, 0.1) is 19.0 Å². The van der Waals surface area contributed by atoms with Crippen molar-refractivity contribution in [1.82, 2.24) is 14.8 Å². The summed E-state index contributed by atoms with van der Waals surface area (Å²) in [5.41, 5.74) is 5.41. The number of aromatic carboxylic acids is 1. The number of carboxylic acids is 1. The van der Waals surface area contributed by atoms with E-state index in [0.29, 0.717) is 11.7 Å². The molecule has 0 aliphatic rings. The minimum absolute atomic E-state index is 0.0853. The summed E-state index contributed by atoms with van der Waals surface area (Å²) in [6.45, 7) is 0. The van der Waals surface area contributed by atoms with Crippen LogP contribution in [0.2, 0.25) is 0 Å². The maximum absolute atomic E-state index is 10.8. The number of nitrogen functional groups attached to an aromatic ring is 1. The van der Waals surface area contributed by atoms with Gasteiger partial charge in [-0.15, -0.1) is 0 Å². The van der Waals surface area contributed by atoms with E-state index in [2.05, 4.69) is 10.1 Å². The SMILES string of the molecule is COc1cccc(-n2cc(N)c(C(=O)O)n2)n1. The van der Waals surface area contributed by atoms with Gasteiger partial charge in [0.1, 0.15) is 0 Å². The molecule has 0 saturated carbocycles. The van der Waals surface area contributed by atoms with Crippen molar-refractivity contribution in [2.45, 2.75) is 0 Å². The van der Waals surface area contributed by atoms with E-state index in [1.165, 1.54) is 18.0 Å². The Hall–Kier alpha value is -2.57. The number of pyridine rings is 1. The molecule has 0 aliphatic carbocycles. The Morgan fingerprint density at radius 1 is 1.53 bits per heavy atom. The summed E-state index contributed by atoms with van der Waals surface area (Å²) in [6.07, 6.45) is 1.39. The fourth-order valence-corrected chi connectivity index (χ4v) is 1.32. The second-order valence-corrected chi connectivity index (χ2v) is 3.22. The number of ether oxygens (including phenoxy) is 1. The maximum Gasteiger partial charge on any atom is 0.358 e. The Morgan fingerprint density at radius 2 is 2.29 bits per heavy atom. The van der Waals surface area contributed by atoms with Gasteiger partial charge in [-0.2, -0.15) is 10.1 Å². The van der Waals surface area contributed by atoms with E-state index in [1.54, 1.807) is 18.2 Å². The number of carbonyl (C=O) groups is 1. The normalized spacial score (nSPS) is 10.2. The van der Waals surface area contributed by atoms with Crippen molar-refractivity contribution in [1.29, 1.82) is 0 Å². The number of nitrogens with zero attached hydrogens (tertiary/aromatic N) is 3. The summed E-state index contributed by atoms with van der Waals surface area (Å²) in [4.78, 5) is 14.9. The molecule has 3 N–H and O–H groups in total. The van der Waals surface area contributed by atoms with Crippen molar-refractivity contribution in [3.8, 4) is 11.7 Å². The van der Waals surface area contributed by atoms with E-state index in [0.717, 1.165) is 0 Å². The van der Waals surface area contributed by atoms with Crippen LogP contribution in [-0.2, 0) is 0 Å². The Kier molecular flexibility index (Phi) is 2.65. The molecule has 2 aromatic rings. The highest BCUT2D eigenvalue weighted by atomic mass is 16.5. The fraction of sp³-hybridized carbons (Fsp3) is 0.100. The molecule has 2 rings (SSSR count). The summed E-state index contributed by atoms with van der Waals surface area (Å²) < 4.78 is 6.25. The third kappa shape index (κ3) is 2.03. The van der Waals surface area contributed by atoms with E-state index in [4.69, 9.17) is 15.6 Å². The second kappa shape index (κ2) is 4.12. The Morgan fingerprint density at radius 3 is 2.88 bits per heavy atom. The van der Waals surface area contributed by atoms with Gasteiger partial charge in [0.15, 0.2) is 11.5 Å². The first-order valence-electron chi connectivity index (χ1n) is 4.71. The molecule has 0 radical (unpaired) electrons. The van der Waals surface area contributed by atoms with Crippen LogP contribution in [0.4, 0.5) is 5.69 Å². The molecule has 7 nitrogen and oxygen atoms in total. The molecular formula is C10H10N4O3. The largest absolute Gasteiger partial charge is 0.481 e. The maximum atomic E-state index is 10.8. The van der Waals surface area contributed by atoms with E-state index < -0.39 is 5.97 Å². The number of hydrogen-bond acceptors (Lipinski definition) is 5. The zero-order valence-electron chi connectivity index (χ0n) is 8.99. The van der Waals surface area contributed by atoms with Crippen LogP contribution in [0.15, 0.2) is 24.4 Å². The number of methoxy groups -OCH3 is 1. The van der Waals surface area contributed by atoms with Crippen LogP contribution in [0.25, 0.3) is 5.82 Å². The Bertz CT molecular complexity index is 564. The van der Waals surface area contributed by atoms with Crippen LogP contribution < -0.4 is 10.5 Å². The first kappa shape index (κ1) is 10.9. The molecule has 2 heterocycles. The zero-order chi connectivity index (χ0) is 12.4. The summed E-state index contributed by atoms with van der Waals surface area (Å²) in [5, 5.41) is 12.7. The number of hydrogen-bond donors (Lipinski definition) is 2. The summed E-state index contributed by atoms with van der Waals surface area (Å²) >= 11 is 0. The lowest BCUT2D eigenvalue weighted by Crippen LogP contribution is -2.03. The van der Waals surface area contributed by atoms with Gasteiger partial charge in [-0.1, -0.05) is 6.07 Å². The molecule has 7 heteroatoms. The summed E-state index contributed by atoms with van der Waals surface area (Å²) in [5.74, 6) is -0.332. The highest BCUT2D eigenvalue weighted by molar-refractivity contribution is 5.91. The van der Waals surface area contributed by atoms with Crippen molar-refractivity contribution < 1.29 is 14.6 Å². The molecule has 0 amide bonds. The van der Waals surface area contributed by atoms with Crippen molar-refractivity contribution in [3.05, 3.63) is 30.1 Å². The number of nitrogens with two attached hydrogens (primary N) is 1. The van der Waals surface area contributed by atoms with Gasteiger partial charge >= 0.3 is 5.97 Å². The third-order valence-corrected chi connectivity index (χ3v) is 2.10. The lowest BCUT2D eigenvalue weighted by molar-refractivity contribution is 0.0691. The van der Waals surface area contributed by atoms with Crippen LogP contribution >= 0.6 is 0 Å². The molecule has 0 aromatic carbocycles. The van der Waals surface area contributed by atoms with Gasteiger partial charge in [0.2, 0.25) is 5.88 Å². The molecule has 88 valence electrons. The van der Waals surface area contributed by atoms with Crippen LogP contribution in [0.3, 0.4) is 0 Å². The topological polar surface area (TPSA) is 103 Å². The summed E-state index contributed by atoms with van der Waals surface area (Å²) in [6, 6.07) is 5.06. The van der Waals surface area contributed by atoms with Gasteiger partial charge in [-0.05, 0) is 6.07 Å². The van der Waals surface area contributed by atoms with E-state index in [-0.39, 0.29) is 11.4 Å². The van der Waals surface area contributed by atoms with Crippen molar-refractivity contribution in [3.63, 3.8) is 0 Å².